The van der Waals surface area contributed by atoms with Crippen molar-refractivity contribution in [2.45, 2.75) is 39.5 Å². The number of benzene rings is 1. The van der Waals surface area contributed by atoms with Crippen LogP contribution in [0.25, 0.3) is 0 Å². The fourth-order valence-corrected chi connectivity index (χ4v) is 1.64. The van der Waals surface area contributed by atoms with Gasteiger partial charge in [-0.15, -0.1) is 0 Å². The van der Waals surface area contributed by atoms with E-state index in [2.05, 4.69) is 26.0 Å². The van der Waals surface area contributed by atoms with E-state index in [1.54, 1.807) is 0 Å². The first-order chi connectivity index (χ1) is 6.95. The highest BCUT2D eigenvalue weighted by atomic mass is 16.1. The number of hydrogen-bond donors (Lipinski definition) is 0. The summed E-state index contributed by atoms with van der Waals surface area (Å²) in [7, 11) is 0. The lowest BCUT2D eigenvalue weighted by atomic mass is 9.85. The Balaban J connectivity index is 2.97. The molecule has 0 aromatic heterocycles. The standard InChI is InChI=1S/C14H20O/c1-11(2)8-12-6-5-7-13(9-12)14(3,4)10-15/h5-7,9-11H,8H2,1-4H3. The fourth-order valence-electron chi connectivity index (χ4n) is 1.64. The second-order valence-corrected chi connectivity index (χ2v) is 5.14. The van der Waals surface area contributed by atoms with Crippen molar-refractivity contribution in [1.29, 1.82) is 0 Å². The normalized spacial score (nSPS) is 11.8. The van der Waals surface area contributed by atoms with Crippen molar-refractivity contribution in [1.82, 2.24) is 0 Å². The minimum Gasteiger partial charge on any atom is -0.302 e. The maximum absolute atomic E-state index is 11.0. The summed E-state index contributed by atoms with van der Waals surface area (Å²) in [5, 5.41) is 0. The van der Waals surface area contributed by atoms with Gasteiger partial charge in [-0.05, 0) is 37.3 Å². The van der Waals surface area contributed by atoms with Crippen molar-refractivity contribution in [3.8, 4) is 0 Å². The molecule has 1 aromatic rings. The highest BCUT2D eigenvalue weighted by molar-refractivity contribution is 5.67. The maximum Gasteiger partial charge on any atom is 0.129 e. The Labute approximate surface area is 92.5 Å². The van der Waals surface area contributed by atoms with E-state index in [0.717, 1.165) is 18.3 Å². The zero-order chi connectivity index (χ0) is 11.5. The Morgan fingerprint density at radius 3 is 2.53 bits per heavy atom. The predicted octanol–water partition coefficient (Wildman–Crippen LogP) is 3.36. The van der Waals surface area contributed by atoms with Crippen LogP contribution < -0.4 is 0 Å². The smallest absolute Gasteiger partial charge is 0.129 e. The van der Waals surface area contributed by atoms with Gasteiger partial charge in [-0.3, -0.25) is 0 Å². The summed E-state index contributed by atoms with van der Waals surface area (Å²) in [6.45, 7) is 8.32. The van der Waals surface area contributed by atoms with Crippen molar-refractivity contribution in [2.75, 3.05) is 0 Å². The van der Waals surface area contributed by atoms with Crippen LogP contribution in [0.15, 0.2) is 24.3 Å². The molecule has 0 saturated heterocycles. The average molecular weight is 204 g/mol. The van der Waals surface area contributed by atoms with E-state index in [1.165, 1.54) is 5.56 Å². The molecule has 0 aliphatic carbocycles. The van der Waals surface area contributed by atoms with Gasteiger partial charge in [-0.2, -0.15) is 0 Å². The Morgan fingerprint density at radius 2 is 2.00 bits per heavy atom. The Morgan fingerprint density at radius 1 is 1.33 bits per heavy atom. The number of aldehydes is 1. The monoisotopic (exact) mass is 204 g/mol. The summed E-state index contributed by atoms with van der Waals surface area (Å²) in [6.07, 6.45) is 2.09. The molecule has 0 saturated carbocycles. The number of rotatable bonds is 4. The van der Waals surface area contributed by atoms with Crippen molar-refractivity contribution >= 4 is 6.29 Å². The molecule has 15 heavy (non-hydrogen) atoms. The summed E-state index contributed by atoms with van der Waals surface area (Å²) in [4.78, 5) is 11.0. The van der Waals surface area contributed by atoms with Crippen LogP contribution in [0.2, 0.25) is 0 Å². The van der Waals surface area contributed by atoms with Crippen LogP contribution in [0.4, 0.5) is 0 Å². The molecule has 1 heteroatoms. The second kappa shape index (κ2) is 4.61. The quantitative estimate of drug-likeness (QED) is 0.687. The van der Waals surface area contributed by atoms with Gasteiger partial charge in [0.1, 0.15) is 6.29 Å². The molecule has 0 unspecified atom stereocenters. The van der Waals surface area contributed by atoms with Crippen LogP contribution >= 0.6 is 0 Å². The van der Waals surface area contributed by atoms with Gasteiger partial charge in [0, 0.05) is 5.41 Å². The zero-order valence-corrected chi connectivity index (χ0v) is 10.1. The van der Waals surface area contributed by atoms with Gasteiger partial charge in [-0.25, -0.2) is 0 Å². The lowest BCUT2D eigenvalue weighted by Gasteiger charge is -2.18. The molecule has 0 spiro atoms. The van der Waals surface area contributed by atoms with E-state index < -0.39 is 0 Å². The van der Waals surface area contributed by atoms with Gasteiger partial charge in [0.2, 0.25) is 0 Å². The molecule has 0 amide bonds. The van der Waals surface area contributed by atoms with Gasteiger partial charge >= 0.3 is 0 Å². The van der Waals surface area contributed by atoms with Crippen molar-refractivity contribution in [3.63, 3.8) is 0 Å². The largest absolute Gasteiger partial charge is 0.302 e. The first-order valence-corrected chi connectivity index (χ1v) is 5.51. The van der Waals surface area contributed by atoms with Crippen LogP contribution in [0.5, 0.6) is 0 Å². The van der Waals surface area contributed by atoms with Crippen LogP contribution in [-0.2, 0) is 16.6 Å². The average Bonchev–Trinajstić information content (AvgIpc) is 2.17. The van der Waals surface area contributed by atoms with Crippen LogP contribution in [0.3, 0.4) is 0 Å². The van der Waals surface area contributed by atoms with Gasteiger partial charge in [0.05, 0.1) is 0 Å². The number of carbonyl (C=O) groups excluding carboxylic acids is 1. The third kappa shape index (κ3) is 3.19. The first kappa shape index (κ1) is 12.0. The Kier molecular flexibility index (Phi) is 3.67. The first-order valence-electron chi connectivity index (χ1n) is 5.51. The van der Waals surface area contributed by atoms with Gasteiger partial charge in [0.25, 0.3) is 0 Å². The zero-order valence-electron chi connectivity index (χ0n) is 10.1. The molecule has 0 bridgehead atoms. The molecular weight excluding hydrogens is 184 g/mol. The van der Waals surface area contributed by atoms with Crippen molar-refractivity contribution in [2.24, 2.45) is 5.92 Å². The Bertz CT molecular complexity index is 337. The van der Waals surface area contributed by atoms with E-state index in [-0.39, 0.29) is 5.41 Å². The topological polar surface area (TPSA) is 17.1 Å². The maximum atomic E-state index is 11.0. The highest BCUT2D eigenvalue weighted by Crippen LogP contribution is 2.22. The molecule has 0 heterocycles. The molecule has 82 valence electrons. The van der Waals surface area contributed by atoms with Gasteiger partial charge in [-0.1, -0.05) is 38.1 Å². The lowest BCUT2D eigenvalue weighted by Crippen LogP contribution is -2.18. The van der Waals surface area contributed by atoms with Crippen molar-refractivity contribution in [3.05, 3.63) is 35.4 Å². The SMILES string of the molecule is CC(C)Cc1cccc(C(C)(C)C=O)c1. The van der Waals surface area contributed by atoms with Gasteiger partial charge < -0.3 is 4.79 Å². The molecular formula is C14H20O. The predicted molar refractivity (Wildman–Crippen MR) is 64.1 cm³/mol. The van der Waals surface area contributed by atoms with E-state index in [4.69, 9.17) is 0 Å². The van der Waals surface area contributed by atoms with E-state index in [9.17, 15) is 4.79 Å². The van der Waals surface area contributed by atoms with Crippen LogP contribution in [-0.4, -0.2) is 6.29 Å². The third-order valence-electron chi connectivity index (χ3n) is 2.61. The highest BCUT2D eigenvalue weighted by Gasteiger charge is 2.19. The van der Waals surface area contributed by atoms with Crippen molar-refractivity contribution < 1.29 is 4.79 Å². The summed E-state index contributed by atoms with van der Waals surface area (Å²) >= 11 is 0. The molecule has 1 nitrogen and oxygen atoms in total. The molecule has 0 aliphatic rings. The van der Waals surface area contributed by atoms with E-state index >= 15 is 0 Å². The minimum atomic E-state index is -0.368. The van der Waals surface area contributed by atoms with E-state index in [0.29, 0.717) is 5.92 Å². The molecule has 0 radical (unpaired) electrons. The molecule has 0 N–H and O–H groups in total. The van der Waals surface area contributed by atoms with Gasteiger partial charge in [0.15, 0.2) is 0 Å². The van der Waals surface area contributed by atoms with Crippen LogP contribution in [0.1, 0.15) is 38.8 Å². The third-order valence-corrected chi connectivity index (χ3v) is 2.61. The summed E-state index contributed by atoms with van der Waals surface area (Å²) in [5.74, 6) is 0.652. The van der Waals surface area contributed by atoms with E-state index in [1.807, 2.05) is 26.0 Å². The number of carbonyl (C=O) groups is 1. The second-order valence-electron chi connectivity index (χ2n) is 5.14. The fraction of sp³-hybridized carbons (Fsp3) is 0.500. The lowest BCUT2D eigenvalue weighted by molar-refractivity contribution is -0.111. The minimum absolute atomic E-state index is 0.368. The molecule has 0 fully saturated rings. The molecule has 0 aliphatic heterocycles. The number of hydrogen-bond acceptors (Lipinski definition) is 1. The molecule has 1 rings (SSSR count). The Hall–Kier alpha value is -1.11. The summed E-state index contributed by atoms with van der Waals surface area (Å²) in [5.41, 5.74) is 2.06. The summed E-state index contributed by atoms with van der Waals surface area (Å²) in [6, 6.07) is 8.34. The molecule has 0 atom stereocenters. The molecule has 1 aromatic carbocycles. The van der Waals surface area contributed by atoms with Crippen LogP contribution in [0, 0.1) is 5.92 Å². The summed E-state index contributed by atoms with van der Waals surface area (Å²) < 4.78 is 0.